The van der Waals surface area contributed by atoms with Crippen LogP contribution in [0.5, 0.6) is 0 Å². The molecule has 2 nitrogen and oxygen atoms in total. The summed E-state index contributed by atoms with van der Waals surface area (Å²) in [5.41, 5.74) is 7.37. The quantitative estimate of drug-likeness (QED) is 0.849. The van der Waals surface area contributed by atoms with Crippen molar-refractivity contribution in [2.75, 3.05) is 13.2 Å². The number of nitrogens with two attached hydrogens (primary N) is 1. The number of thioether (sulfide) groups is 1. The van der Waals surface area contributed by atoms with Crippen LogP contribution in [0.1, 0.15) is 33.3 Å². The molecular weight excluding hydrogens is 242 g/mol. The molecule has 1 aliphatic rings. The highest BCUT2D eigenvalue weighted by atomic mass is 32.2. The summed E-state index contributed by atoms with van der Waals surface area (Å²) in [4.78, 5) is 1.32. The third kappa shape index (κ3) is 2.44. The van der Waals surface area contributed by atoms with Crippen LogP contribution in [0.3, 0.4) is 0 Å². The molecule has 0 unspecified atom stereocenters. The van der Waals surface area contributed by atoms with Crippen molar-refractivity contribution in [3.05, 3.63) is 29.8 Å². The van der Waals surface area contributed by atoms with E-state index in [1.54, 1.807) is 0 Å². The van der Waals surface area contributed by atoms with Gasteiger partial charge in [0.1, 0.15) is 0 Å². The molecule has 0 saturated carbocycles. The summed E-state index contributed by atoms with van der Waals surface area (Å²) in [7, 11) is 0. The van der Waals surface area contributed by atoms with Gasteiger partial charge >= 0.3 is 0 Å². The van der Waals surface area contributed by atoms with Gasteiger partial charge in [0.2, 0.25) is 0 Å². The molecule has 0 radical (unpaired) electrons. The maximum atomic E-state index is 6.34. The van der Waals surface area contributed by atoms with E-state index in [1.165, 1.54) is 10.5 Å². The summed E-state index contributed by atoms with van der Waals surface area (Å²) >= 11 is 1.89. The minimum atomic E-state index is -0.252. The molecule has 0 amide bonds. The molecule has 1 fully saturated rings. The summed E-state index contributed by atoms with van der Waals surface area (Å²) in [5.74, 6) is 0. The Morgan fingerprint density at radius 2 is 1.78 bits per heavy atom. The Morgan fingerprint density at radius 3 is 2.11 bits per heavy atom. The van der Waals surface area contributed by atoms with Gasteiger partial charge in [0, 0.05) is 15.7 Å². The van der Waals surface area contributed by atoms with Crippen molar-refractivity contribution >= 4 is 11.8 Å². The second kappa shape index (κ2) is 4.87. The van der Waals surface area contributed by atoms with Gasteiger partial charge < -0.3 is 10.5 Å². The van der Waals surface area contributed by atoms with Crippen molar-refractivity contribution in [2.45, 2.75) is 48.8 Å². The van der Waals surface area contributed by atoms with Gasteiger partial charge in [-0.25, -0.2) is 0 Å². The molecular formula is C15H23NOS. The van der Waals surface area contributed by atoms with Crippen molar-refractivity contribution < 1.29 is 4.74 Å². The van der Waals surface area contributed by atoms with Gasteiger partial charge in [-0.1, -0.05) is 26.0 Å². The summed E-state index contributed by atoms with van der Waals surface area (Å²) in [5, 5.41) is 0.614. The summed E-state index contributed by atoms with van der Waals surface area (Å²) < 4.78 is 5.43. The smallest absolute Gasteiger partial charge is 0.0603 e. The number of benzene rings is 1. The van der Waals surface area contributed by atoms with E-state index >= 15 is 0 Å². The van der Waals surface area contributed by atoms with Crippen LogP contribution in [0, 0.1) is 0 Å². The van der Waals surface area contributed by atoms with Crippen LogP contribution in [-0.4, -0.2) is 24.0 Å². The van der Waals surface area contributed by atoms with Crippen molar-refractivity contribution in [1.82, 2.24) is 0 Å². The van der Waals surface area contributed by atoms with E-state index in [0.717, 1.165) is 13.2 Å². The molecule has 0 aromatic heterocycles. The summed E-state index contributed by atoms with van der Waals surface area (Å²) in [6.07, 6.45) is 0. The molecule has 18 heavy (non-hydrogen) atoms. The van der Waals surface area contributed by atoms with Crippen LogP contribution >= 0.6 is 11.8 Å². The minimum absolute atomic E-state index is 0.0198. The Balaban J connectivity index is 2.23. The minimum Gasteiger partial charge on any atom is -0.379 e. The summed E-state index contributed by atoms with van der Waals surface area (Å²) in [6, 6.07) is 8.82. The lowest BCUT2D eigenvalue weighted by atomic mass is 9.66. The molecule has 1 saturated heterocycles. The highest BCUT2D eigenvalue weighted by Crippen LogP contribution is 2.41. The van der Waals surface area contributed by atoms with Gasteiger partial charge in [-0.2, -0.15) is 0 Å². The first kappa shape index (κ1) is 13.9. The van der Waals surface area contributed by atoms with Crippen LogP contribution in [-0.2, 0) is 10.2 Å². The lowest BCUT2D eigenvalue weighted by Crippen LogP contribution is -2.64. The molecule has 0 spiro atoms. The third-order valence-corrected chi connectivity index (χ3v) is 4.72. The normalized spacial score (nSPS) is 18.8. The molecule has 1 aromatic rings. The fourth-order valence-electron chi connectivity index (χ4n) is 2.34. The Bertz CT molecular complexity index is 401. The van der Waals surface area contributed by atoms with Crippen molar-refractivity contribution in [2.24, 2.45) is 5.73 Å². The summed E-state index contributed by atoms with van der Waals surface area (Å²) in [6.45, 7) is 10.1. The lowest BCUT2D eigenvalue weighted by molar-refractivity contribution is -0.0919. The Hall–Kier alpha value is -0.510. The Kier molecular flexibility index (Phi) is 3.77. The van der Waals surface area contributed by atoms with Gasteiger partial charge in [-0.05, 0) is 31.5 Å². The van der Waals surface area contributed by atoms with Crippen molar-refractivity contribution in [3.8, 4) is 0 Å². The Morgan fingerprint density at radius 1 is 1.22 bits per heavy atom. The van der Waals surface area contributed by atoms with E-state index in [9.17, 15) is 0 Å². The molecule has 0 bridgehead atoms. The van der Waals surface area contributed by atoms with Crippen LogP contribution in [0.4, 0.5) is 0 Å². The largest absolute Gasteiger partial charge is 0.379 e. The average molecular weight is 265 g/mol. The van der Waals surface area contributed by atoms with Gasteiger partial charge in [-0.3, -0.25) is 0 Å². The van der Waals surface area contributed by atoms with Gasteiger partial charge in [0.05, 0.1) is 18.6 Å². The lowest BCUT2D eigenvalue weighted by Gasteiger charge is -2.51. The van der Waals surface area contributed by atoms with Crippen LogP contribution in [0.15, 0.2) is 29.2 Å². The van der Waals surface area contributed by atoms with Crippen LogP contribution in [0.2, 0.25) is 0 Å². The first-order chi connectivity index (χ1) is 8.35. The molecule has 100 valence electrons. The molecule has 0 aliphatic carbocycles. The van der Waals surface area contributed by atoms with E-state index in [-0.39, 0.29) is 11.0 Å². The molecule has 1 aromatic carbocycles. The van der Waals surface area contributed by atoms with E-state index in [4.69, 9.17) is 10.5 Å². The maximum Gasteiger partial charge on any atom is 0.0603 e. The standard InChI is InChI=1S/C15H23NOS/c1-11(2)18-13-7-5-12(6-8-13)15(9-17-10-15)14(3,4)16/h5-8,11H,9-10,16H2,1-4H3. The zero-order valence-electron chi connectivity index (χ0n) is 11.7. The maximum absolute atomic E-state index is 6.34. The number of ether oxygens (including phenoxy) is 1. The SMILES string of the molecule is CC(C)Sc1ccc(C2(C(C)(C)N)COC2)cc1. The second-order valence-corrected chi connectivity index (χ2v) is 7.64. The highest BCUT2D eigenvalue weighted by molar-refractivity contribution is 7.99. The predicted octanol–water partition coefficient (Wildman–Crippen LogP) is 3.19. The molecule has 1 aliphatic heterocycles. The van der Waals surface area contributed by atoms with Gasteiger partial charge in [0.15, 0.2) is 0 Å². The molecule has 2 N–H and O–H groups in total. The number of rotatable bonds is 4. The zero-order chi connectivity index (χ0) is 13.4. The first-order valence-corrected chi connectivity index (χ1v) is 7.37. The van der Waals surface area contributed by atoms with Gasteiger partial charge in [0.25, 0.3) is 0 Å². The van der Waals surface area contributed by atoms with Crippen molar-refractivity contribution in [1.29, 1.82) is 0 Å². The van der Waals surface area contributed by atoms with Crippen LogP contribution in [0.25, 0.3) is 0 Å². The van der Waals surface area contributed by atoms with E-state index in [2.05, 4.69) is 52.0 Å². The first-order valence-electron chi connectivity index (χ1n) is 6.49. The second-order valence-electron chi connectivity index (χ2n) is 5.99. The zero-order valence-corrected chi connectivity index (χ0v) is 12.5. The monoisotopic (exact) mass is 265 g/mol. The number of hydrogen-bond donors (Lipinski definition) is 1. The van der Waals surface area contributed by atoms with E-state index in [1.807, 2.05) is 11.8 Å². The van der Waals surface area contributed by atoms with Crippen LogP contribution < -0.4 is 5.73 Å². The Labute approximate surface area is 114 Å². The number of hydrogen-bond acceptors (Lipinski definition) is 3. The van der Waals surface area contributed by atoms with E-state index < -0.39 is 0 Å². The fraction of sp³-hybridized carbons (Fsp3) is 0.600. The topological polar surface area (TPSA) is 35.2 Å². The molecule has 3 heteroatoms. The predicted molar refractivity (Wildman–Crippen MR) is 78.2 cm³/mol. The molecule has 1 heterocycles. The van der Waals surface area contributed by atoms with Gasteiger partial charge in [-0.15, -0.1) is 11.8 Å². The third-order valence-electron chi connectivity index (χ3n) is 3.71. The molecule has 0 atom stereocenters. The fourth-order valence-corrected chi connectivity index (χ4v) is 3.18. The average Bonchev–Trinajstić information content (AvgIpc) is 2.15. The molecule has 2 rings (SSSR count). The highest BCUT2D eigenvalue weighted by Gasteiger charge is 2.50. The van der Waals surface area contributed by atoms with Crippen molar-refractivity contribution in [3.63, 3.8) is 0 Å². The van der Waals surface area contributed by atoms with E-state index in [0.29, 0.717) is 5.25 Å².